The van der Waals surface area contributed by atoms with Crippen LogP contribution in [0.15, 0.2) is 18.2 Å². The Labute approximate surface area is 105 Å². The summed E-state index contributed by atoms with van der Waals surface area (Å²) < 4.78 is 4.82. The third kappa shape index (κ3) is 4.28. The lowest BCUT2D eigenvalue weighted by atomic mass is 10.1. The molecule has 17 heavy (non-hydrogen) atoms. The van der Waals surface area contributed by atoms with E-state index in [1.54, 1.807) is 19.1 Å². The van der Waals surface area contributed by atoms with Gasteiger partial charge in [0.1, 0.15) is 5.75 Å². The summed E-state index contributed by atoms with van der Waals surface area (Å²) in [6, 6.07) is 4.71. The molecule has 0 saturated heterocycles. The van der Waals surface area contributed by atoms with Crippen molar-refractivity contribution in [2.24, 2.45) is 5.73 Å². The summed E-state index contributed by atoms with van der Waals surface area (Å²) in [5, 5.41) is 12.2. The summed E-state index contributed by atoms with van der Waals surface area (Å²) in [6.45, 7) is 2.09. The highest BCUT2D eigenvalue weighted by molar-refractivity contribution is 7.80. The number of benzene rings is 1. The lowest BCUT2D eigenvalue weighted by Crippen LogP contribution is -2.19. The minimum absolute atomic E-state index is 0.0189. The molecule has 0 saturated carbocycles. The number of aromatic hydroxyl groups is 1. The average molecular weight is 254 g/mol. The van der Waals surface area contributed by atoms with Crippen LogP contribution in [0.25, 0.3) is 0 Å². The zero-order valence-electron chi connectivity index (χ0n) is 9.40. The fraction of sp³-hybridized carbons (Fsp3) is 0.273. The molecule has 0 aliphatic heterocycles. The largest absolute Gasteiger partial charge is 0.506 e. The number of phenols is 1. The van der Waals surface area contributed by atoms with Gasteiger partial charge in [0.05, 0.1) is 18.7 Å². The van der Waals surface area contributed by atoms with Gasteiger partial charge >= 0.3 is 5.97 Å². The molecule has 1 aromatic rings. The van der Waals surface area contributed by atoms with Crippen molar-refractivity contribution in [2.75, 3.05) is 11.9 Å². The molecule has 0 bridgehead atoms. The average Bonchev–Trinajstić information content (AvgIpc) is 2.22. The van der Waals surface area contributed by atoms with Gasteiger partial charge in [-0.3, -0.25) is 4.79 Å². The standard InChI is InChI=1S/C11H14N2O3S/c1-2-16-10(15)6-7-3-4-9(14)8(5-7)13-11(12)17/h3-5,14H,2,6H2,1H3,(H3,12,13,17). The molecular weight excluding hydrogens is 240 g/mol. The van der Waals surface area contributed by atoms with Gasteiger partial charge in [0.25, 0.3) is 0 Å². The van der Waals surface area contributed by atoms with E-state index in [2.05, 4.69) is 17.5 Å². The predicted molar refractivity (Wildman–Crippen MR) is 68.9 cm³/mol. The van der Waals surface area contributed by atoms with Crippen LogP contribution in [-0.2, 0) is 16.0 Å². The number of hydrogen-bond acceptors (Lipinski definition) is 4. The van der Waals surface area contributed by atoms with Crippen molar-refractivity contribution >= 4 is 29.0 Å². The van der Waals surface area contributed by atoms with Crippen molar-refractivity contribution in [3.8, 4) is 5.75 Å². The number of nitrogens with two attached hydrogens (primary N) is 1. The van der Waals surface area contributed by atoms with Gasteiger partial charge in [0.2, 0.25) is 0 Å². The third-order valence-electron chi connectivity index (χ3n) is 1.97. The zero-order valence-corrected chi connectivity index (χ0v) is 10.2. The number of carbonyl (C=O) groups is 1. The molecule has 0 fully saturated rings. The summed E-state index contributed by atoms with van der Waals surface area (Å²) >= 11 is 4.67. The molecule has 1 aromatic carbocycles. The van der Waals surface area contributed by atoms with Crippen molar-refractivity contribution in [1.82, 2.24) is 0 Å². The lowest BCUT2D eigenvalue weighted by molar-refractivity contribution is -0.142. The van der Waals surface area contributed by atoms with Crippen LogP contribution in [0.2, 0.25) is 0 Å². The number of thiocarbonyl (C=S) groups is 1. The maximum atomic E-state index is 11.3. The normalized spacial score (nSPS) is 9.71. The van der Waals surface area contributed by atoms with Crippen LogP contribution in [0.4, 0.5) is 5.69 Å². The lowest BCUT2D eigenvalue weighted by Gasteiger charge is -2.08. The van der Waals surface area contributed by atoms with Crippen LogP contribution < -0.4 is 11.1 Å². The Bertz CT molecular complexity index is 435. The molecule has 0 atom stereocenters. The molecule has 0 unspecified atom stereocenters. The molecule has 0 aliphatic rings. The molecule has 0 radical (unpaired) electrons. The molecule has 5 nitrogen and oxygen atoms in total. The van der Waals surface area contributed by atoms with Gasteiger partial charge in [-0.1, -0.05) is 6.07 Å². The summed E-state index contributed by atoms with van der Waals surface area (Å²) in [5.41, 5.74) is 6.39. The highest BCUT2D eigenvalue weighted by Crippen LogP contribution is 2.24. The van der Waals surface area contributed by atoms with E-state index in [4.69, 9.17) is 10.5 Å². The Morgan fingerprint density at radius 1 is 1.59 bits per heavy atom. The van der Waals surface area contributed by atoms with Crippen molar-refractivity contribution < 1.29 is 14.6 Å². The van der Waals surface area contributed by atoms with E-state index < -0.39 is 0 Å². The number of hydrogen-bond donors (Lipinski definition) is 3. The first-order chi connectivity index (χ1) is 8.02. The number of carbonyl (C=O) groups excluding carboxylic acids is 1. The highest BCUT2D eigenvalue weighted by atomic mass is 32.1. The number of esters is 1. The highest BCUT2D eigenvalue weighted by Gasteiger charge is 2.07. The molecule has 0 amide bonds. The van der Waals surface area contributed by atoms with E-state index in [9.17, 15) is 9.90 Å². The molecular formula is C11H14N2O3S. The zero-order chi connectivity index (χ0) is 12.8. The predicted octanol–water partition coefficient (Wildman–Crippen LogP) is 1.15. The van der Waals surface area contributed by atoms with Crippen molar-refractivity contribution in [3.05, 3.63) is 23.8 Å². The minimum Gasteiger partial charge on any atom is -0.506 e. The summed E-state index contributed by atoms with van der Waals surface area (Å²) in [6.07, 6.45) is 0.139. The summed E-state index contributed by atoms with van der Waals surface area (Å²) in [7, 11) is 0. The van der Waals surface area contributed by atoms with Crippen LogP contribution in [-0.4, -0.2) is 22.8 Å². The Hall–Kier alpha value is -1.82. The molecule has 1 rings (SSSR count). The van der Waals surface area contributed by atoms with Crippen LogP contribution in [0.3, 0.4) is 0 Å². The van der Waals surface area contributed by atoms with Crippen molar-refractivity contribution in [1.29, 1.82) is 0 Å². The van der Waals surface area contributed by atoms with Gasteiger partial charge in [0.15, 0.2) is 5.11 Å². The van der Waals surface area contributed by atoms with Gasteiger partial charge in [0, 0.05) is 0 Å². The molecule has 0 heterocycles. The smallest absolute Gasteiger partial charge is 0.310 e. The number of ether oxygens (including phenoxy) is 1. The molecule has 0 aliphatic carbocycles. The van der Waals surface area contributed by atoms with E-state index in [0.717, 1.165) is 0 Å². The fourth-order valence-corrected chi connectivity index (χ4v) is 1.41. The number of phenolic OH excluding ortho intramolecular Hbond substituents is 1. The van der Waals surface area contributed by atoms with Crippen LogP contribution in [0.1, 0.15) is 12.5 Å². The first-order valence-electron chi connectivity index (χ1n) is 5.07. The Morgan fingerprint density at radius 3 is 2.88 bits per heavy atom. The summed E-state index contributed by atoms with van der Waals surface area (Å²) in [5.74, 6) is -0.301. The monoisotopic (exact) mass is 254 g/mol. The minimum atomic E-state index is -0.320. The first kappa shape index (κ1) is 13.2. The van der Waals surface area contributed by atoms with E-state index in [0.29, 0.717) is 17.9 Å². The molecule has 0 spiro atoms. The first-order valence-corrected chi connectivity index (χ1v) is 5.47. The second-order valence-electron chi connectivity index (χ2n) is 3.32. The number of anilines is 1. The quantitative estimate of drug-likeness (QED) is 0.425. The maximum Gasteiger partial charge on any atom is 0.310 e. The Balaban J connectivity index is 2.81. The van der Waals surface area contributed by atoms with Crippen molar-refractivity contribution in [3.63, 3.8) is 0 Å². The SMILES string of the molecule is CCOC(=O)Cc1ccc(O)c(NC(N)=S)c1. The van der Waals surface area contributed by atoms with Crippen LogP contribution in [0.5, 0.6) is 5.75 Å². The van der Waals surface area contributed by atoms with E-state index >= 15 is 0 Å². The topological polar surface area (TPSA) is 84.6 Å². The Morgan fingerprint density at radius 2 is 2.29 bits per heavy atom. The maximum absolute atomic E-state index is 11.3. The van der Waals surface area contributed by atoms with E-state index in [1.807, 2.05) is 0 Å². The van der Waals surface area contributed by atoms with Crippen molar-refractivity contribution in [2.45, 2.75) is 13.3 Å². The molecule has 6 heteroatoms. The van der Waals surface area contributed by atoms with Crippen LogP contribution >= 0.6 is 12.2 Å². The van der Waals surface area contributed by atoms with Gasteiger partial charge in [-0.2, -0.15) is 0 Å². The van der Waals surface area contributed by atoms with Crippen LogP contribution in [0, 0.1) is 0 Å². The third-order valence-corrected chi connectivity index (χ3v) is 2.07. The van der Waals surface area contributed by atoms with Gasteiger partial charge < -0.3 is 20.9 Å². The fourth-order valence-electron chi connectivity index (χ4n) is 1.30. The van der Waals surface area contributed by atoms with Gasteiger partial charge in [-0.15, -0.1) is 0 Å². The second kappa shape index (κ2) is 6.05. The van der Waals surface area contributed by atoms with E-state index in [-0.39, 0.29) is 23.3 Å². The molecule has 0 aromatic heterocycles. The second-order valence-corrected chi connectivity index (χ2v) is 3.76. The summed E-state index contributed by atoms with van der Waals surface area (Å²) in [4.78, 5) is 11.3. The van der Waals surface area contributed by atoms with E-state index in [1.165, 1.54) is 6.07 Å². The molecule has 92 valence electrons. The Kier molecular flexibility index (Phi) is 4.71. The number of rotatable bonds is 4. The number of nitrogens with one attached hydrogen (secondary N) is 1. The molecule has 4 N–H and O–H groups in total. The van der Waals surface area contributed by atoms with Gasteiger partial charge in [-0.25, -0.2) is 0 Å². The van der Waals surface area contributed by atoms with Gasteiger partial charge in [-0.05, 0) is 36.8 Å².